The molecule has 16 heavy (non-hydrogen) atoms. The molecule has 88 valence electrons. The number of hydrogen-bond acceptors (Lipinski definition) is 2. The minimum Gasteiger partial charge on any atom is -0.385 e. The van der Waals surface area contributed by atoms with Crippen molar-refractivity contribution in [3.8, 4) is 0 Å². The second-order valence-corrected chi connectivity index (χ2v) is 4.26. The van der Waals surface area contributed by atoms with Crippen molar-refractivity contribution < 1.29 is 9.90 Å². The molecule has 0 saturated carbocycles. The molecule has 0 radical (unpaired) electrons. The molecule has 1 unspecified atom stereocenters. The van der Waals surface area contributed by atoms with Crippen LogP contribution >= 0.6 is 0 Å². The third kappa shape index (κ3) is 2.92. The lowest BCUT2D eigenvalue weighted by Gasteiger charge is -2.18. The van der Waals surface area contributed by atoms with Crippen molar-refractivity contribution in [2.75, 3.05) is 0 Å². The summed E-state index contributed by atoms with van der Waals surface area (Å²) in [7, 11) is 0. The fraction of sp³-hybridized carbons (Fsp3) is 0.500. The van der Waals surface area contributed by atoms with Crippen LogP contribution in [0.4, 0.5) is 0 Å². The van der Waals surface area contributed by atoms with Crippen molar-refractivity contribution in [3.63, 3.8) is 0 Å². The Morgan fingerprint density at radius 3 is 2.44 bits per heavy atom. The molecule has 0 bridgehead atoms. The molecule has 1 atom stereocenters. The molecule has 2 heteroatoms. The van der Waals surface area contributed by atoms with Gasteiger partial charge in [-0.25, -0.2) is 0 Å². The number of Topliss-reactive ketones (excluding diaryl/α,β-unsaturated/α-hetero) is 1. The van der Waals surface area contributed by atoms with Crippen molar-refractivity contribution in [1.29, 1.82) is 0 Å². The van der Waals surface area contributed by atoms with Gasteiger partial charge >= 0.3 is 0 Å². The highest BCUT2D eigenvalue weighted by Crippen LogP contribution is 2.17. The second-order valence-electron chi connectivity index (χ2n) is 4.26. The maximum absolute atomic E-state index is 12.0. The molecule has 1 aromatic rings. The van der Waals surface area contributed by atoms with Crippen molar-refractivity contribution in [2.45, 2.75) is 39.7 Å². The number of aliphatic hydroxyl groups is 1. The molecular weight excluding hydrogens is 200 g/mol. The molecule has 2 nitrogen and oxygen atoms in total. The van der Waals surface area contributed by atoms with Gasteiger partial charge in [-0.1, -0.05) is 50.5 Å². The molecule has 1 N–H and O–H groups in total. The number of carbonyl (C=O) groups excluding carboxylic acids is 1. The summed E-state index contributed by atoms with van der Waals surface area (Å²) in [6, 6.07) is 7.39. The zero-order valence-electron chi connectivity index (χ0n) is 10.2. The Hall–Kier alpha value is -1.15. The van der Waals surface area contributed by atoms with E-state index >= 15 is 0 Å². The molecule has 0 amide bonds. The van der Waals surface area contributed by atoms with E-state index in [-0.39, 0.29) is 11.7 Å². The van der Waals surface area contributed by atoms with Crippen LogP contribution < -0.4 is 0 Å². The van der Waals surface area contributed by atoms with Crippen molar-refractivity contribution in [3.05, 3.63) is 35.4 Å². The minimum atomic E-state index is -0.864. The van der Waals surface area contributed by atoms with E-state index in [1.807, 2.05) is 39.0 Å². The third-order valence-electron chi connectivity index (χ3n) is 3.07. The van der Waals surface area contributed by atoms with Crippen molar-refractivity contribution >= 4 is 5.78 Å². The van der Waals surface area contributed by atoms with Gasteiger partial charge < -0.3 is 5.11 Å². The Bertz CT molecular complexity index is 354. The molecular formula is C14H20O2. The molecule has 0 aromatic heterocycles. The number of rotatable bonds is 5. The molecule has 0 saturated heterocycles. The smallest absolute Gasteiger partial charge is 0.191 e. The predicted octanol–water partition coefficient (Wildman–Crippen LogP) is 2.97. The molecule has 1 rings (SSSR count). The summed E-state index contributed by atoms with van der Waals surface area (Å²) in [5, 5.41) is 9.97. The van der Waals surface area contributed by atoms with Gasteiger partial charge in [0.25, 0.3) is 0 Å². The number of ketones is 1. The summed E-state index contributed by atoms with van der Waals surface area (Å²) >= 11 is 0. The van der Waals surface area contributed by atoms with Crippen molar-refractivity contribution in [2.24, 2.45) is 5.92 Å². The third-order valence-corrected chi connectivity index (χ3v) is 3.07. The number of benzene rings is 1. The van der Waals surface area contributed by atoms with Crippen LogP contribution in [0.25, 0.3) is 0 Å². The van der Waals surface area contributed by atoms with Crippen molar-refractivity contribution in [1.82, 2.24) is 0 Å². The molecule has 0 spiro atoms. The van der Waals surface area contributed by atoms with Gasteiger partial charge in [0.1, 0.15) is 6.10 Å². The van der Waals surface area contributed by atoms with Crippen LogP contribution in [0, 0.1) is 12.8 Å². The molecule has 0 heterocycles. The molecule has 0 aliphatic carbocycles. The van der Waals surface area contributed by atoms with E-state index < -0.39 is 6.10 Å². The number of aryl methyl sites for hydroxylation is 1. The largest absolute Gasteiger partial charge is 0.385 e. The summed E-state index contributed by atoms with van der Waals surface area (Å²) in [6.07, 6.45) is 0.793. The van der Waals surface area contributed by atoms with E-state index in [1.165, 1.54) is 0 Å². The molecule has 0 fully saturated rings. The van der Waals surface area contributed by atoms with Crippen LogP contribution in [0.1, 0.15) is 42.6 Å². The monoisotopic (exact) mass is 220 g/mol. The number of hydrogen-bond donors (Lipinski definition) is 1. The standard InChI is InChI=1S/C14H20O2/c1-4-11(5-2)13(15)14(16)12-8-6-7-10(3)9-12/h6-9,11,13,15H,4-5H2,1-3H3. The van der Waals surface area contributed by atoms with Gasteiger partial charge in [-0.15, -0.1) is 0 Å². The van der Waals surface area contributed by atoms with E-state index in [4.69, 9.17) is 0 Å². The van der Waals surface area contributed by atoms with Gasteiger partial charge in [-0.3, -0.25) is 4.79 Å². The average Bonchev–Trinajstić information content (AvgIpc) is 2.29. The minimum absolute atomic E-state index is 0.0630. The van der Waals surface area contributed by atoms with Crippen LogP contribution in [-0.2, 0) is 0 Å². The van der Waals surface area contributed by atoms with Crippen LogP contribution in [0.3, 0.4) is 0 Å². The predicted molar refractivity (Wildman–Crippen MR) is 65.6 cm³/mol. The highest BCUT2D eigenvalue weighted by molar-refractivity contribution is 5.99. The van der Waals surface area contributed by atoms with E-state index in [0.717, 1.165) is 18.4 Å². The Kier molecular flexibility index (Phi) is 4.69. The first kappa shape index (κ1) is 12.9. The van der Waals surface area contributed by atoms with E-state index in [2.05, 4.69) is 0 Å². The summed E-state index contributed by atoms with van der Waals surface area (Å²) < 4.78 is 0. The Labute approximate surface area is 97.3 Å². The van der Waals surface area contributed by atoms with E-state index in [9.17, 15) is 9.90 Å². The van der Waals surface area contributed by atoms with Gasteiger partial charge in [-0.2, -0.15) is 0 Å². The zero-order valence-corrected chi connectivity index (χ0v) is 10.2. The van der Waals surface area contributed by atoms with Gasteiger partial charge in [-0.05, 0) is 18.9 Å². The van der Waals surface area contributed by atoms with Crippen LogP contribution in [0.5, 0.6) is 0 Å². The maximum Gasteiger partial charge on any atom is 0.191 e. The summed E-state index contributed by atoms with van der Waals surface area (Å²) in [6.45, 7) is 5.95. The molecule has 1 aromatic carbocycles. The lowest BCUT2D eigenvalue weighted by atomic mass is 9.90. The number of aliphatic hydroxyl groups excluding tert-OH is 1. The molecule has 0 aliphatic rings. The first-order valence-corrected chi connectivity index (χ1v) is 5.89. The van der Waals surface area contributed by atoms with E-state index in [1.54, 1.807) is 6.07 Å². The van der Waals surface area contributed by atoms with Gasteiger partial charge in [0.05, 0.1) is 0 Å². The summed E-state index contributed by atoms with van der Waals surface area (Å²) in [5.41, 5.74) is 1.65. The first-order chi connectivity index (χ1) is 7.60. The van der Waals surface area contributed by atoms with E-state index in [0.29, 0.717) is 5.56 Å². The topological polar surface area (TPSA) is 37.3 Å². The Morgan fingerprint density at radius 1 is 1.31 bits per heavy atom. The maximum atomic E-state index is 12.0. The first-order valence-electron chi connectivity index (χ1n) is 5.89. The Balaban J connectivity index is 2.85. The van der Waals surface area contributed by atoms with Crippen LogP contribution in [0.15, 0.2) is 24.3 Å². The van der Waals surface area contributed by atoms with Crippen LogP contribution in [-0.4, -0.2) is 17.0 Å². The average molecular weight is 220 g/mol. The highest BCUT2D eigenvalue weighted by atomic mass is 16.3. The highest BCUT2D eigenvalue weighted by Gasteiger charge is 2.24. The fourth-order valence-electron chi connectivity index (χ4n) is 1.92. The fourth-order valence-corrected chi connectivity index (χ4v) is 1.92. The van der Waals surface area contributed by atoms with Gasteiger partial charge in [0.15, 0.2) is 5.78 Å². The normalized spacial score (nSPS) is 12.8. The lowest BCUT2D eigenvalue weighted by Crippen LogP contribution is -2.29. The lowest BCUT2D eigenvalue weighted by molar-refractivity contribution is 0.0588. The molecule has 0 aliphatic heterocycles. The SMILES string of the molecule is CCC(CC)C(O)C(=O)c1cccc(C)c1. The van der Waals surface area contributed by atoms with Crippen LogP contribution in [0.2, 0.25) is 0 Å². The second kappa shape index (κ2) is 5.80. The Morgan fingerprint density at radius 2 is 1.94 bits per heavy atom. The summed E-state index contributed by atoms with van der Waals surface area (Å²) in [4.78, 5) is 12.0. The zero-order chi connectivity index (χ0) is 12.1. The van der Waals surface area contributed by atoms with Gasteiger partial charge in [0.2, 0.25) is 0 Å². The number of carbonyl (C=O) groups is 1. The quantitative estimate of drug-likeness (QED) is 0.774. The van der Waals surface area contributed by atoms with Gasteiger partial charge in [0, 0.05) is 5.56 Å². The summed E-state index contributed by atoms with van der Waals surface area (Å²) in [5.74, 6) is -0.0922.